The summed E-state index contributed by atoms with van der Waals surface area (Å²) < 4.78 is 0. The van der Waals surface area contributed by atoms with E-state index >= 15 is 0 Å². The fourth-order valence-corrected chi connectivity index (χ4v) is 3.59. The second-order valence-corrected chi connectivity index (χ2v) is 7.67. The summed E-state index contributed by atoms with van der Waals surface area (Å²) in [4.78, 5) is 43.9. The van der Waals surface area contributed by atoms with E-state index in [1.807, 2.05) is 12.1 Å². The summed E-state index contributed by atoms with van der Waals surface area (Å²) in [5, 5.41) is 5.97. The van der Waals surface area contributed by atoms with E-state index in [9.17, 15) is 9.59 Å². The lowest BCUT2D eigenvalue weighted by molar-refractivity contribution is -0.117. The highest BCUT2D eigenvalue weighted by Crippen LogP contribution is 2.39. The van der Waals surface area contributed by atoms with E-state index in [0.717, 1.165) is 30.6 Å². The summed E-state index contributed by atoms with van der Waals surface area (Å²) in [5.74, 6) is 0.419. The average molecular weight is 415 g/mol. The van der Waals surface area contributed by atoms with E-state index in [2.05, 4.69) is 30.6 Å². The van der Waals surface area contributed by atoms with Gasteiger partial charge in [0, 0.05) is 30.3 Å². The monoisotopic (exact) mass is 415 g/mol. The van der Waals surface area contributed by atoms with E-state index in [0.29, 0.717) is 36.1 Å². The fraction of sp³-hybridized carbons (Fsp3) is 0.273. The third kappa shape index (κ3) is 4.20. The maximum atomic E-state index is 13.2. The zero-order chi connectivity index (χ0) is 21.2. The molecular weight excluding hydrogens is 394 g/mol. The van der Waals surface area contributed by atoms with Gasteiger partial charge in [-0.25, -0.2) is 19.9 Å². The molecule has 2 aliphatic rings. The van der Waals surface area contributed by atoms with E-state index < -0.39 is 0 Å². The fourth-order valence-electron chi connectivity index (χ4n) is 3.59. The second-order valence-electron chi connectivity index (χ2n) is 7.67. The summed E-state index contributed by atoms with van der Waals surface area (Å²) in [7, 11) is 0. The van der Waals surface area contributed by atoms with Crippen molar-refractivity contribution in [3.8, 4) is 0 Å². The van der Waals surface area contributed by atoms with Gasteiger partial charge in [0.25, 0.3) is 5.91 Å². The lowest BCUT2D eigenvalue weighted by Gasteiger charge is -2.17. The molecule has 31 heavy (non-hydrogen) atoms. The number of amides is 2. The zero-order valence-electron chi connectivity index (χ0n) is 16.8. The molecule has 0 atom stereocenters. The molecule has 1 saturated heterocycles. The smallest absolute Gasteiger partial charge is 0.278 e. The minimum absolute atomic E-state index is 0.100. The largest absolute Gasteiger partial charge is 0.336 e. The van der Waals surface area contributed by atoms with Gasteiger partial charge >= 0.3 is 0 Å². The van der Waals surface area contributed by atoms with Crippen molar-refractivity contribution in [1.82, 2.24) is 19.9 Å². The number of nitrogens with zero attached hydrogens (tertiary/aromatic N) is 5. The molecule has 2 fully saturated rings. The van der Waals surface area contributed by atoms with Crippen molar-refractivity contribution in [3.05, 3.63) is 60.6 Å². The number of hydrogen-bond donors (Lipinski definition) is 2. The molecule has 1 aliphatic carbocycles. The van der Waals surface area contributed by atoms with Gasteiger partial charge in [-0.15, -0.1) is 0 Å². The van der Waals surface area contributed by atoms with Gasteiger partial charge in [-0.1, -0.05) is 6.07 Å². The Bertz CT molecular complexity index is 1130. The molecule has 1 aromatic carbocycles. The lowest BCUT2D eigenvalue weighted by atomic mass is 10.2. The van der Waals surface area contributed by atoms with Gasteiger partial charge in [0.15, 0.2) is 11.5 Å². The molecule has 9 heteroatoms. The summed E-state index contributed by atoms with van der Waals surface area (Å²) in [6.45, 7) is 0.693. The van der Waals surface area contributed by atoms with Crippen molar-refractivity contribution in [2.75, 3.05) is 22.1 Å². The molecule has 0 unspecified atom stereocenters. The molecule has 2 aromatic heterocycles. The highest BCUT2D eigenvalue weighted by Gasteiger charge is 2.28. The van der Waals surface area contributed by atoms with Crippen LogP contribution < -0.4 is 15.5 Å². The van der Waals surface area contributed by atoms with Gasteiger partial charge in [-0.05, 0) is 37.5 Å². The first-order valence-corrected chi connectivity index (χ1v) is 10.3. The Hall–Kier alpha value is -3.88. The Morgan fingerprint density at radius 2 is 1.94 bits per heavy atom. The number of rotatable bonds is 6. The molecule has 3 heterocycles. The van der Waals surface area contributed by atoms with Gasteiger partial charge in [0.2, 0.25) is 5.91 Å². The minimum atomic E-state index is -0.376. The van der Waals surface area contributed by atoms with Crippen molar-refractivity contribution in [3.63, 3.8) is 0 Å². The summed E-state index contributed by atoms with van der Waals surface area (Å²) in [6, 6.07) is 7.29. The number of benzene rings is 1. The summed E-state index contributed by atoms with van der Waals surface area (Å²) in [5.41, 5.74) is 3.00. The van der Waals surface area contributed by atoms with Gasteiger partial charge in [0.1, 0.15) is 6.33 Å². The van der Waals surface area contributed by atoms with Crippen LogP contribution in [0, 0.1) is 0 Å². The zero-order valence-corrected chi connectivity index (χ0v) is 16.8. The molecule has 156 valence electrons. The first kappa shape index (κ1) is 19.1. The Morgan fingerprint density at radius 3 is 2.68 bits per heavy atom. The van der Waals surface area contributed by atoms with Crippen molar-refractivity contribution in [1.29, 1.82) is 0 Å². The summed E-state index contributed by atoms with van der Waals surface area (Å²) >= 11 is 0. The number of carbonyl (C=O) groups is 2. The third-order valence-corrected chi connectivity index (χ3v) is 5.31. The number of hydrogen-bond acceptors (Lipinski definition) is 7. The Labute approximate surface area is 179 Å². The lowest BCUT2D eigenvalue weighted by Crippen LogP contribution is -2.24. The van der Waals surface area contributed by atoms with Crippen LogP contribution >= 0.6 is 0 Å². The molecule has 0 spiro atoms. The van der Waals surface area contributed by atoms with Gasteiger partial charge in [-0.2, -0.15) is 0 Å². The Balaban J connectivity index is 1.41. The number of nitrogens with one attached hydrogen (secondary N) is 2. The minimum Gasteiger partial charge on any atom is -0.336 e. The number of anilines is 4. The molecule has 2 amide bonds. The molecule has 1 saturated carbocycles. The van der Waals surface area contributed by atoms with E-state index in [1.54, 1.807) is 35.6 Å². The molecule has 9 nitrogen and oxygen atoms in total. The first-order valence-electron chi connectivity index (χ1n) is 10.3. The number of aromatic nitrogens is 4. The van der Waals surface area contributed by atoms with Crippen LogP contribution in [-0.2, 0) is 4.79 Å². The van der Waals surface area contributed by atoms with Gasteiger partial charge in [0.05, 0.1) is 30.0 Å². The van der Waals surface area contributed by atoms with Crippen LogP contribution in [-0.4, -0.2) is 38.3 Å². The quantitative estimate of drug-likeness (QED) is 0.635. The van der Waals surface area contributed by atoms with E-state index in [4.69, 9.17) is 0 Å². The molecule has 0 radical (unpaired) electrons. The third-order valence-electron chi connectivity index (χ3n) is 5.31. The predicted octanol–water partition coefficient (Wildman–Crippen LogP) is 3.27. The molecular formula is C22H21N7O2. The normalized spacial score (nSPS) is 15.7. The average Bonchev–Trinajstić information content (AvgIpc) is 3.55. The van der Waals surface area contributed by atoms with Crippen molar-refractivity contribution < 1.29 is 9.59 Å². The topological polar surface area (TPSA) is 113 Å². The number of carbonyl (C=O) groups excluding carboxylic acids is 2. The SMILES string of the molecule is O=C(Nc1cccc(N2CCCC2=O)c1)c1nc(C2CC2)cnc1Nc1cncnc1. The maximum Gasteiger partial charge on any atom is 0.278 e. The maximum absolute atomic E-state index is 13.2. The van der Waals surface area contributed by atoms with Crippen LogP contribution in [0.3, 0.4) is 0 Å². The van der Waals surface area contributed by atoms with E-state index in [1.165, 1.54) is 6.33 Å². The highest BCUT2D eigenvalue weighted by atomic mass is 16.2. The standard InChI is InChI=1S/C22H21N7O2/c30-19-5-2-8-29(19)17-4-1-3-15(9-17)27-22(31)20-21(26-16-10-23-13-24-11-16)25-12-18(28-20)14-6-7-14/h1,3-4,9-14H,2,5-8H2,(H,25,26)(H,27,31). The first-order chi connectivity index (χ1) is 15.2. The molecule has 5 rings (SSSR count). The predicted molar refractivity (Wildman–Crippen MR) is 115 cm³/mol. The Morgan fingerprint density at radius 1 is 1.10 bits per heavy atom. The van der Waals surface area contributed by atoms with Crippen molar-refractivity contribution in [2.24, 2.45) is 0 Å². The molecule has 0 bridgehead atoms. The van der Waals surface area contributed by atoms with Crippen molar-refractivity contribution >= 4 is 34.7 Å². The van der Waals surface area contributed by atoms with Crippen molar-refractivity contribution in [2.45, 2.75) is 31.6 Å². The molecule has 3 aromatic rings. The summed E-state index contributed by atoms with van der Waals surface area (Å²) in [6.07, 6.45) is 9.85. The van der Waals surface area contributed by atoms with E-state index in [-0.39, 0.29) is 17.5 Å². The van der Waals surface area contributed by atoms with Crippen LogP contribution in [0.25, 0.3) is 0 Å². The van der Waals surface area contributed by atoms with Crippen LogP contribution in [0.4, 0.5) is 22.9 Å². The Kier molecular flexibility index (Phi) is 4.99. The second kappa shape index (κ2) is 8.10. The molecule has 1 aliphatic heterocycles. The van der Waals surface area contributed by atoms with Gasteiger partial charge < -0.3 is 15.5 Å². The van der Waals surface area contributed by atoms with Crippen LogP contribution in [0.15, 0.2) is 49.2 Å². The van der Waals surface area contributed by atoms with Crippen LogP contribution in [0.1, 0.15) is 47.8 Å². The van der Waals surface area contributed by atoms with Crippen LogP contribution in [0.2, 0.25) is 0 Å². The van der Waals surface area contributed by atoms with Crippen LogP contribution in [0.5, 0.6) is 0 Å². The molecule has 2 N–H and O–H groups in total. The highest BCUT2D eigenvalue weighted by molar-refractivity contribution is 6.06. The van der Waals surface area contributed by atoms with Gasteiger partial charge in [-0.3, -0.25) is 9.59 Å².